The van der Waals surface area contributed by atoms with Crippen molar-refractivity contribution in [3.8, 4) is 0 Å². The van der Waals surface area contributed by atoms with Crippen LogP contribution in [0.1, 0.15) is 33.1 Å². The van der Waals surface area contributed by atoms with Gasteiger partial charge in [-0.25, -0.2) is 0 Å². The van der Waals surface area contributed by atoms with Crippen molar-refractivity contribution >= 4 is 0 Å². The molecule has 0 bridgehead atoms. The van der Waals surface area contributed by atoms with Gasteiger partial charge in [-0.2, -0.15) is 0 Å². The quantitative estimate of drug-likeness (QED) is 0.668. The van der Waals surface area contributed by atoms with Crippen LogP contribution in [0.25, 0.3) is 0 Å². The van der Waals surface area contributed by atoms with E-state index in [0.717, 1.165) is 52.1 Å². The number of ether oxygens (including phenoxy) is 2. The second-order valence-corrected chi connectivity index (χ2v) is 4.31. The Balaban J connectivity index is 2.15. The van der Waals surface area contributed by atoms with Gasteiger partial charge in [-0.3, -0.25) is 0 Å². The van der Waals surface area contributed by atoms with Gasteiger partial charge in [0.15, 0.2) is 6.29 Å². The lowest BCUT2D eigenvalue weighted by molar-refractivity contribution is -0.142. The molecule has 1 heterocycles. The van der Waals surface area contributed by atoms with Crippen molar-refractivity contribution in [3.63, 3.8) is 0 Å². The van der Waals surface area contributed by atoms with E-state index in [2.05, 4.69) is 4.90 Å². The van der Waals surface area contributed by atoms with Gasteiger partial charge in [0, 0.05) is 32.2 Å². The lowest BCUT2D eigenvalue weighted by Crippen LogP contribution is -2.41. The highest BCUT2D eigenvalue weighted by atomic mass is 16.7. The van der Waals surface area contributed by atoms with Crippen molar-refractivity contribution in [2.75, 3.05) is 32.8 Å². The minimum absolute atomic E-state index is 0.0365. The number of hydrogen-bond donors (Lipinski definition) is 1. The second-order valence-electron chi connectivity index (χ2n) is 4.31. The van der Waals surface area contributed by atoms with Crippen LogP contribution in [0.15, 0.2) is 0 Å². The molecule has 0 aliphatic carbocycles. The summed E-state index contributed by atoms with van der Waals surface area (Å²) in [5, 5.41) is 0. The molecule has 0 spiro atoms. The predicted molar refractivity (Wildman–Crippen MR) is 65.3 cm³/mol. The zero-order valence-corrected chi connectivity index (χ0v) is 10.7. The van der Waals surface area contributed by atoms with Crippen molar-refractivity contribution in [2.24, 2.45) is 5.73 Å². The summed E-state index contributed by atoms with van der Waals surface area (Å²) in [5.74, 6) is 0. The van der Waals surface area contributed by atoms with Crippen LogP contribution in [0.4, 0.5) is 0 Å². The van der Waals surface area contributed by atoms with Gasteiger partial charge in [-0.15, -0.1) is 0 Å². The standard InChI is InChI=1S/C12H26N2O2/c1-3-15-12(16-4-2)7-10-14-8-5-11(13)6-9-14/h11-12H,3-10,13H2,1-2H3. The Morgan fingerprint density at radius 2 is 1.75 bits per heavy atom. The summed E-state index contributed by atoms with van der Waals surface area (Å²) in [4.78, 5) is 2.45. The van der Waals surface area contributed by atoms with Gasteiger partial charge in [0.05, 0.1) is 0 Å². The SMILES string of the molecule is CCOC(CCN1CCC(N)CC1)OCC. The molecule has 2 N–H and O–H groups in total. The van der Waals surface area contributed by atoms with Crippen molar-refractivity contribution in [3.05, 3.63) is 0 Å². The minimum Gasteiger partial charge on any atom is -0.353 e. The first-order valence-corrected chi connectivity index (χ1v) is 6.47. The van der Waals surface area contributed by atoms with E-state index in [4.69, 9.17) is 15.2 Å². The average Bonchev–Trinajstić information content (AvgIpc) is 2.29. The van der Waals surface area contributed by atoms with E-state index >= 15 is 0 Å². The summed E-state index contributed by atoms with van der Waals surface area (Å²) >= 11 is 0. The molecule has 1 rings (SSSR count). The van der Waals surface area contributed by atoms with E-state index in [1.807, 2.05) is 13.8 Å². The maximum atomic E-state index is 5.87. The van der Waals surface area contributed by atoms with Gasteiger partial charge in [0.2, 0.25) is 0 Å². The molecule has 0 radical (unpaired) electrons. The van der Waals surface area contributed by atoms with E-state index in [1.54, 1.807) is 0 Å². The van der Waals surface area contributed by atoms with Crippen LogP contribution in [0.3, 0.4) is 0 Å². The summed E-state index contributed by atoms with van der Waals surface area (Å²) in [6.07, 6.45) is 3.16. The van der Waals surface area contributed by atoms with E-state index in [0.29, 0.717) is 6.04 Å². The molecule has 0 unspecified atom stereocenters. The molecule has 4 nitrogen and oxygen atoms in total. The molecule has 16 heavy (non-hydrogen) atoms. The number of likely N-dealkylation sites (tertiary alicyclic amines) is 1. The molecule has 0 aromatic heterocycles. The first-order chi connectivity index (χ1) is 7.76. The molecule has 96 valence electrons. The number of hydrogen-bond acceptors (Lipinski definition) is 4. The molecular formula is C12H26N2O2. The monoisotopic (exact) mass is 230 g/mol. The second kappa shape index (κ2) is 8.01. The smallest absolute Gasteiger partial charge is 0.158 e. The summed E-state index contributed by atoms with van der Waals surface area (Å²) in [5.41, 5.74) is 5.87. The molecule has 0 atom stereocenters. The zero-order valence-electron chi connectivity index (χ0n) is 10.7. The molecule has 1 aliphatic rings. The van der Waals surface area contributed by atoms with Crippen LogP contribution in [0, 0.1) is 0 Å². The van der Waals surface area contributed by atoms with Crippen molar-refractivity contribution in [1.82, 2.24) is 4.90 Å². The van der Waals surface area contributed by atoms with Crippen LogP contribution in [0.5, 0.6) is 0 Å². The molecule has 0 aromatic carbocycles. The third-order valence-corrected chi connectivity index (χ3v) is 3.02. The number of nitrogens with two attached hydrogens (primary N) is 1. The van der Waals surface area contributed by atoms with Crippen molar-refractivity contribution in [2.45, 2.75) is 45.4 Å². The van der Waals surface area contributed by atoms with Gasteiger partial charge >= 0.3 is 0 Å². The Labute approximate surface area is 99.1 Å². The predicted octanol–water partition coefficient (Wildman–Crippen LogP) is 1.20. The third-order valence-electron chi connectivity index (χ3n) is 3.02. The van der Waals surface area contributed by atoms with Gasteiger partial charge < -0.3 is 20.1 Å². The maximum Gasteiger partial charge on any atom is 0.158 e. The molecule has 0 saturated carbocycles. The van der Waals surface area contributed by atoms with Gasteiger partial charge in [-0.05, 0) is 39.8 Å². The highest BCUT2D eigenvalue weighted by Crippen LogP contribution is 2.10. The Morgan fingerprint density at radius 1 is 1.19 bits per heavy atom. The third kappa shape index (κ3) is 5.25. The zero-order chi connectivity index (χ0) is 11.8. The molecule has 4 heteroatoms. The molecule has 0 amide bonds. The fraction of sp³-hybridized carbons (Fsp3) is 1.00. The van der Waals surface area contributed by atoms with Crippen LogP contribution < -0.4 is 5.73 Å². The number of rotatable bonds is 7. The van der Waals surface area contributed by atoms with Gasteiger partial charge in [0.25, 0.3) is 0 Å². The van der Waals surface area contributed by atoms with E-state index < -0.39 is 0 Å². The average molecular weight is 230 g/mol. The summed E-state index contributed by atoms with van der Waals surface area (Å²) in [6.45, 7) is 8.73. The lowest BCUT2D eigenvalue weighted by atomic mass is 10.1. The van der Waals surface area contributed by atoms with Crippen molar-refractivity contribution < 1.29 is 9.47 Å². The number of nitrogens with zero attached hydrogens (tertiary/aromatic N) is 1. The highest BCUT2D eigenvalue weighted by molar-refractivity contribution is 4.74. The Kier molecular flexibility index (Phi) is 6.96. The molecule has 1 aliphatic heterocycles. The van der Waals surface area contributed by atoms with Crippen LogP contribution in [0.2, 0.25) is 0 Å². The normalized spacial score (nSPS) is 19.5. The van der Waals surface area contributed by atoms with Gasteiger partial charge in [0.1, 0.15) is 0 Å². The highest BCUT2D eigenvalue weighted by Gasteiger charge is 2.17. The molecular weight excluding hydrogens is 204 g/mol. The summed E-state index contributed by atoms with van der Waals surface area (Å²) in [6, 6.07) is 0.408. The molecule has 1 saturated heterocycles. The van der Waals surface area contributed by atoms with Crippen LogP contribution in [-0.4, -0.2) is 50.1 Å². The Hall–Kier alpha value is -0.160. The first kappa shape index (κ1) is 13.9. The fourth-order valence-electron chi connectivity index (χ4n) is 2.05. The van der Waals surface area contributed by atoms with Gasteiger partial charge in [-0.1, -0.05) is 0 Å². The topological polar surface area (TPSA) is 47.7 Å². The van der Waals surface area contributed by atoms with E-state index in [-0.39, 0.29) is 6.29 Å². The minimum atomic E-state index is -0.0365. The number of piperidine rings is 1. The van der Waals surface area contributed by atoms with E-state index in [9.17, 15) is 0 Å². The molecule has 1 fully saturated rings. The lowest BCUT2D eigenvalue weighted by Gasteiger charge is -2.31. The van der Waals surface area contributed by atoms with Crippen molar-refractivity contribution in [1.29, 1.82) is 0 Å². The van der Waals surface area contributed by atoms with Crippen LogP contribution in [-0.2, 0) is 9.47 Å². The maximum absolute atomic E-state index is 5.87. The summed E-state index contributed by atoms with van der Waals surface area (Å²) in [7, 11) is 0. The summed E-state index contributed by atoms with van der Waals surface area (Å²) < 4.78 is 11.0. The van der Waals surface area contributed by atoms with Crippen LogP contribution >= 0.6 is 0 Å². The Morgan fingerprint density at radius 3 is 2.25 bits per heavy atom. The first-order valence-electron chi connectivity index (χ1n) is 6.47. The molecule has 0 aromatic rings. The Bertz CT molecular complexity index is 164. The largest absolute Gasteiger partial charge is 0.353 e. The fourth-order valence-corrected chi connectivity index (χ4v) is 2.05. The van der Waals surface area contributed by atoms with E-state index in [1.165, 1.54) is 0 Å².